The zero-order valence-electron chi connectivity index (χ0n) is 12.9. The van der Waals surface area contributed by atoms with E-state index in [4.69, 9.17) is 4.74 Å². The van der Waals surface area contributed by atoms with E-state index in [0.717, 1.165) is 5.56 Å². The van der Waals surface area contributed by atoms with Crippen LogP contribution in [-0.2, 0) is 19.4 Å². The summed E-state index contributed by atoms with van der Waals surface area (Å²) in [7, 11) is -3.04. The number of amides is 2. The van der Waals surface area contributed by atoms with Gasteiger partial charge in [-0.2, -0.15) is 0 Å². The first-order valence-electron chi connectivity index (χ1n) is 7.30. The minimum atomic E-state index is -3.04. The molecular formula is C15H20N2O5S. The number of carbonyl (C=O) groups is 2. The van der Waals surface area contributed by atoms with Gasteiger partial charge in [0.1, 0.15) is 5.75 Å². The SMILES string of the molecule is Cc1ccc(OCC(=O)NCC(=O)NC2CCS(=O)(=O)C2)cc1. The van der Waals surface area contributed by atoms with Crippen LogP contribution in [-0.4, -0.2) is 50.9 Å². The van der Waals surface area contributed by atoms with Crippen molar-refractivity contribution >= 4 is 21.7 Å². The van der Waals surface area contributed by atoms with E-state index in [-0.39, 0.29) is 30.7 Å². The molecule has 23 heavy (non-hydrogen) atoms. The van der Waals surface area contributed by atoms with Crippen LogP contribution in [0.2, 0.25) is 0 Å². The van der Waals surface area contributed by atoms with Gasteiger partial charge in [-0.3, -0.25) is 9.59 Å². The quantitative estimate of drug-likeness (QED) is 0.746. The van der Waals surface area contributed by atoms with E-state index in [1.165, 1.54) is 0 Å². The molecule has 0 spiro atoms. The maximum absolute atomic E-state index is 11.7. The number of ether oxygens (including phenoxy) is 1. The van der Waals surface area contributed by atoms with Crippen LogP contribution in [0.1, 0.15) is 12.0 Å². The molecule has 0 radical (unpaired) electrons. The monoisotopic (exact) mass is 340 g/mol. The first-order valence-corrected chi connectivity index (χ1v) is 9.12. The van der Waals surface area contributed by atoms with Crippen molar-refractivity contribution < 1.29 is 22.7 Å². The summed E-state index contributed by atoms with van der Waals surface area (Å²) in [4.78, 5) is 23.3. The van der Waals surface area contributed by atoms with Crippen molar-refractivity contribution in [2.75, 3.05) is 24.7 Å². The topological polar surface area (TPSA) is 102 Å². The molecule has 0 aromatic heterocycles. The van der Waals surface area contributed by atoms with Crippen molar-refractivity contribution in [3.63, 3.8) is 0 Å². The van der Waals surface area contributed by atoms with E-state index in [0.29, 0.717) is 12.2 Å². The molecule has 1 aliphatic rings. The van der Waals surface area contributed by atoms with Crippen molar-refractivity contribution in [3.05, 3.63) is 29.8 Å². The van der Waals surface area contributed by atoms with E-state index in [1.807, 2.05) is 19.1 Å². The lowest BCUT2D eigenvalue weighted by Gasteiger charge is -2.11. The van der Waals surface area contributed by atoms with Crippen LogP contribution in [0.15, 0.2) is 24.3 Å². The lowest BCUT2D eigenvalue weighted by molar-refractivity contribution is -0.127. The third-order valence-electron chi connectivity index (χ3n) is 3.43. The Kier molecular flexibility index (Phi) is 5.59. The lowest BCUT2D eigenvalue weighted by Crippen LogP contribution is -2.43. The number of benzene rings is 1. The summed E-state index contributed by atoms with van der Waals surface area (Å²) in [5, 5.41) is 5.03. The minimum absolute atomic E-state index is 0.0385. The standard InChI is InChI=1S/C15H20N2O5S/c1-11-2-4-13(5-3-11)22-9-15(19)16-8-14(18)17-12-6-7-23(20,21)10-12/h2-5,12H,6-10H2,1H3,(H,16,19)(H,17,18). The van der Waals surface area contributed by atoms with E-state index in [2.05, 4.69) is 10.6 Å². The van der Waals surface area contributed by atoms with Gasteiger partial charge in [-0.1, -0.05) is 17.7 Å². The van der Waals surface area contributed by atoms with Crippen LogP contribution in [0.4, 0.5) is 0 Å². The van der Waals surface area contributed by atoms with Crippen LogP contribution in [0, 0.1) is 6.92 Å². The van der Waals surface area contributed by atoms with Crippen molar-refractivity contribution in [2.45, 2.75) is 19.4 Å². The maximum Gasteiger partial charge on any atom is 0.258 e. The Hall–Kier alpha value is -2.09. The molecule has 1 aliphatic heterocycles. The van der Waals surface area contributed by atoms with Crippen LogP contribution in [0.3, 0.4) is 0 Å². The molecule has 0 bridgehead atoms. The highest BCUT2D eigenvalue weighted by Gasteiger charge is 2.28. The minimum Gasteiger partial charge on any atom is -0.484 e. The predicted molar refractivity (Wildman–Crippen MR) is 84.9 cm³/mol. The zero-order chi connectivity index (χ0) is 16.9. The van der Waals surface area contributed by atoms with Gasteiger partial charge in [-0.15, -0.1) is 0 Å². The second kappa shape index (κ2) is 7.45. The summed E-state index contributed by atoms with van der Waals surface area (Å²) in [5.74, 6) is -0.195. The van der Waals surface area contributed by atoms with Gasteiger partial charge in [0.25, 0.3) is 5.91 Å². The molecule has 1 unspecified atom stereocenters. The fourth-order valence-corrected chi connectivity index (χ4v) is 3.87. The highest BCUT2D eigenvalue weighted by molar-refractivity contribution is 7.91. The molecule has 126 valence electrons. The average Bonchev–Trinajstić information content (AvgIpc) is 2.83. The number of hydrogen-bond acceptors (Lipinski definition) is 5. The number of aryl methyl sites for hydroxylation is 1. The van der Waals surface area contributed by atoms with Gasteiger partial charge in [0, 0.05) is 6.04 Å². The van der Waals surface area contributed by atoms with Gasteiger partial charge in [-0.05, 0) is 25.5 Å². The Morgan fingerprint density at radius 2 is 1.91 bits per heavy atom. The highest BCUT2D eigenvalue weighted by Crippen LogP contribution is 2.11. The van der Waals surface area contributed by atoms with Gasteiger partial charge < -0.3 is 15.4 Å². The summed E-state index contributed by atoms with van der Waals surface area (Å²) < 4.78 is 27.9. The predicted octanol–water partition coefficient (Wildman–Crippen LogP) is -0.207. The van der Waals surface area contributed by atoms with Gasteiger partial charge in [0.2, 0.25) is 5.91 Å². The number of hydrogen-bond donors (Lipinski definition) is 2. The summed E-state index contributed by atoms with van der Waals surface area (Å²) in [6.45, 7) is 1.56. The molecule has 1 aromatic rings. The molecule has 8 heteroatoms. The van der Waals surface area contributed by atoms with Crippen molar-refractivity contribution in [2.24, 2.45) is 0 Å². The van der Waals surface area contributed by atoms with Crippen molar-refractivity contribution in [1.29, 1.82) is 0 Å². The number of nitrogens with one attached hydrogen (secondary N) is 2. The molecule has 1 fully saturated rings. The van der Waals surface area contributed by atoms with E-state index in [9.17, 15) is 18.0 Å². The van der Waals surface area contributed by atoms with Crippen LogP contribution < -0.4 is 15.4 Å². The summed E-state index contributed by atoms with van der Waals surface area (Å²) in [6.07, 6.45) is 0.415. The number of rotatable bonds is 6. The Labute approximate surface area is 135 Å². The molecular weight excluding hydrogens is 320 g/mol. The molecule has 0 aliphatic carbocycles. The maximum atomic E-state index is 11.7. The highest BCUT2D eigenvalue weighted by atomic mass is 32.2. The average molecular weight is 340 g/mol. The zero-order valence-corrected chi connectivity index (χ0v) is 13.7. The Morgan fingerprint density at radius 1 is 1.22 bits per heavy atom. The molecule has 1 atom stereocenters. The van der Waals surface area contributed by atoms with Crippen LogP contribution >= 0.6 is 0 Å². The third kappa shape index (κ3) is 5.90. The number of carbonyl (C=O) groups excluding carboxylic acids is 2. The second-order valence-corrected chi connectivity index (χ2v) is 7.77. The van der Waals surface area contributed by atoms with Crippen LogP contribution in [0.5, 0.6) is 5.75 Å². The third-order valence-corrected chi connectivity index (χ3v) is 5.20. The normalized spacial score (nSPS) is 19.1. The van der Waals surface area contributed by atoms with E-state index >= 15 is 0 Å². The summed E-state index contributed by atoms with van der Waals surface area (Å²) >= 11 is 0. The summed E-state index contributed by atoms with van der Waals surface area (Å²) in [6, 6.07) is 6.89. The molecule has 7 nitrogen and oxygen atoms in total. The Morgan fingerprint density at radius 3 is 2.52 bits per heavy atom. The molecule has 1 aromatic carbocycles. The van der Waals surface area contributed by atoms with E-state index < -0.39 is 21.7 Å². The van der Waals surface area contributed by atoms with Gasteiger partial charge >= 0.3 is 0 Å². The van der Waals surface area contributed by atoms with Crippen molar-refractivity contribution in [3.8, 4) is 5.75 Å². The fourth-order valence-electron chi connectivity index (χ4n) is 2.20. The lowest BCUT2D eigenvalue weighted by atomic mass is 10.2. The van der Waals surface area contributed by atoms with Gasteiger partial charge in [0.05, 0.1) is 18.1 Å². The molecule has 2 rings (SSSR count). The van der Waals surface area contributed by atoms with Gasteiger partial charge in [-0.25, -0.2) is 8.42 Å². The largest absolute Gasteiger partial charge is 0.484 e. The fraction of sp³-hybridized carbons (Fsp3) is 0.467. The Balaban J connectivity index is 1.66. The Bertz CT molecular complexity index is 670. The smallest absolute Gasteiger partial charge is 0.258 e. The first-order chi connectivity index (χ1) is 10.8. The van der Waals surface area contributed by atoms with Crippen molar-refractivity contribution in [1.82, 2.24) is 10.6 Å². The van der Waals surface area contributed by atoms with E-state index in [1.54, 1.807) is 12.1 Å². The molecule has 0 saturated carbocycles. The van der Waals surface area contributed by atoms with Gasteiger partial charge in [0.15, 0.2) is 16.4 Å². The molecule has 2 N–H and O–H groups in total. The molecule has 2 amide bonds. The number of sulfone groups is 1. The summed E-state index contributed by atoms with van der Waals surface area (Å²) in [5.41, 5.74) is 1.09. The van der Waals surface area contributed by atoms with Crippen LogP contribution in [0.25, 0.3) is 0 Å². The molecule has 1 heterocycles. The first kappa shape index (κ1) is 17.3. The second-order valence-electron chi connectivity index (χ2n) is 5.55. The molecule has 1 saturated heterocycles.